The van der Waals surface area contributed by atoms with E-state index in [4.69, 9.17) is 18.9 Å². The van der Waals surface area contributed by atoms with Crippen LogP contribution in [0.15, 0.2) is 97.1 Å². The quantitative estimate of drug-likeness (QED) is 0.0467. The largest absolute Gasteiger partial charge is 0.508 e. The highest BCUT2D eigenvalue weighted by atomic mass is 16.7. The maximum absolute atomic E-state index is 12.7. The van der Waals surface area contributed by atoms with Crippen molar-refractivity contribution in [1.29, 1.82) is 0 Å². The summed E-state index contributed by atoms with van der Waals surface area (Å²) in [6.07, 6.45) is 7.83. The van der Waals surface area contributed by atoms with Crippen LogP contribution in [-0.4, -0.2) is 36.5 Å². The van der Waals surface area contributed by atoms with Gasteiger partial charge in [0, 0.05) is 0 Å². The summed E-state index contributed by atoms with van der Waals surface area (Å²) in [6, 6.07) is 32.0. The van der Waals surface area contributed by atoms with E-state index in [9.17, 15) is 14.7 Å². The first-order valence-electron chi connectivity index (χ1n) is 20.6. The molecule has 0 saturated heterocycles. The Morgan fingerprint density at radius 3 is 1.93 bits per heavy atom. The van der Waals surface area contributed by atoms with Gasteiger partial charge >= 0.3 is 11.9 Å². The van der Waals surface area contributed by atoms with Crippen LogP contribution in [0.25, 0.3) is 0 Å². The van der Waals surface area contributed by atoms with Crippen LogP contribution in [0.3, 0.4) is 0 Å². The van der Waals surface area contributed by atoms with Crippen molar-refractivity contribution >= 4 is 11.9 Å². The Balaban J connectivity index is 1.11. The van der Waals surface area contributed by atoms with E-state index in [0.717, 1.165) is 50.5 Å². The normalized spacial score (nSPS) is 15.7. The average Bonchev–Trinajstić information content (AvgIpc) is 3.19. The zero-order chi connectivity index (χ0) is 40.1. The molecule has 0 aliphatic heterocycles. The zero-order valence-corrected chi connectivity index (χ0v) is 34.3. The molecular formula is C49H62O7. The van der Waals surface area contributed by atoms with Crippen molar-refractivity contribution in [2.45, 2.75) is 129 Å². The number of carbonyl (C=O) groups is 2. The van der Waals surface area contributed by atoms with E-state index in [1.165, 1.54) is 28.7 Å². The number of ether oxygens (including phenoxy) is 4. The number of phenols is 1. The summed E-state index contributed by atoms with van der Waals surface area (Å²) in [7, 11) is 0. The lowest BCUT2D eigenvalue weighted by Crippen LogP contribution is -2.22. The third-order valence-corrected chi connectivity index (χ3v) is 11.2. The molecule has 4 unspecified atom stereocenters. The van der Waals surface area contributed by atoms with Gasteiger partial charge in [-0.05, 0) is 126 Å². The van der Waals surface area contributed by atoms with Crippen LogP contribution in [0.1, 0.15) is 138 Å². The van der Waals surface area contributed by atoms with Crippen molar-refractivity contribution in [3.8, 4) is 17.2 Å². The van der Waals surface area contributed by atoms with E-state index in [1.54, 1.807) is 12.1 Å². The Morgan fingerprint density at radius 2 is 1.30 bits per heavy atom. The highest BCUT2D eigenvalue weighted by Crippen LogP contribution is 2.39. The van der Waals surface area contributed by atoms with Crippen LogP contribution in [0, 0.1) is 5.92 Å². The minimum absolute atomic E-state index is 0.0182. The molecule has 1 aliphatic carbocycles. The van der Waals surface area contributed by atoms with Crippen LogP contribution in [-0.2, 0) is 30.9 Å². The number of carbonyl (C=O) groups excluding carboxylic acids is 2. The first-order valence-corrected chi connectivity index (χ1v) is 20.6. The standard InChI is InChI=1S/C49H62O7/c1-7-37(39-19-27-45(28-20-39)55-35(3)53-29-30-54-47(51)32-36-13-21-43(22-14-36)49(4,5)6)33-42(40-15-23-44(50)24-16-40)31-34(2)38-17-25-46(26-18-38)56-48(52)41-11-9-8-10-12-41/h13-28,34-35,37,41-42,50H,7-12,29-33H2,1-6H3. The van der Waals surface area contributed by atoms with Crippen molar-refractivity contribution in [2.24, 2.45) is 5.92 Å². The van der Waals surface area contributed by atoms with Gasteiger partial charge in [-0.15, -0.1) is 0 Å². The molecule has 1 aliphatic rings. The summed E-state index contributed by atoms with van der Waals surface area (Å²) >= 11 is 0. The maximum Gasteiger partial charge on any atom is 0.314 e. The summed E-state index contributed by atoms with van der Waals surface area (Å²) in [4.78, 5) is 25.1. The Bertz CT molecular complexity index is 1780. The number of hydrogen-bond acceptors (Lipinski definition) is 7. The van der Waals surface area contributed by atoms with Gasteiger partial charge in [0.1, 0.15) is 23.9 Å². The molecule has 5 rings (SSSR count). The molecule has 4 aromatic rings. The number of phenolic OH excluding ortho intramolecular Hbond substituents is 1. The molecule has 1 saturated carbocycles. The Kier molecular flexibility index (Phi) is 15.6. The molecule has 1 N–H and O–H groups in total. The van der Waals surface area contributed by atoms with Gasteiger partial charge in [-0.1, -0.05) is 115 Å². The maximum atomic E-state index is 12.7. The first kappa shape index (κ1) is 42.5. The summed E-state index contributed by atoms with van der Waals surface area (Å²) in [5.74, 6) is 2.06. The van der Waals surface area contributed by atoms with Crippen LogP contribution < -0.4 is 9.47 Å². The Labute approximate surface area is 334 Å². The summed E-state index contributed by atoms with van der Waals surface area (Å²) in [5.41, 5.74) is 5.88. The van der Waals surface area contributed by atoms with Crippen LogP contribution in [0.2, 0.25) is 0 Å². The first-order chi connectivity index (χ1) is 26.9. The highest BCUT2D eigenvalue weighted by molar-refractivity contribution is 5.75. The summed E-state index contributed by atoms with van der Waals surface area (Å²) < 4.78 is 23.0. The monoisotopic (exact) mass is 762 g/mol. The molecule has 300 valence electrons. The van der Waals surface area contributed by atoms with E-state index in [-0.39, 0.29) is 60.5 Å². The van der Waals surface area contributed by atoms with Gasteiger partial charge in [0.05, 0.1) is 18.9 Å². The van der Waals surface area contributed by atoms with Gasteiger partial charge in [0.2, 0.25) is 0 Å². The van der Waals surface area contributed by atoms with Crippen molar-refractivity contribution in [1.82, 2.24) is 0 Å². The lowest BCUT2D eigenvalue weighted by atomic mass is 9.78. The van der Waals surface area contributed by atoms with E-state index in [1.807, 2.05) is 55.5 Å². The summed E-state index contributed by atoms with van der Waals surface area (Å²) in [5, 5.41) is 10.0. The molecular weight excluding hydrogens is 701 g/mol. The predicted molar refractivity (Wildman–Crippen MR) is 222 cm³/mol. The Hall–Kier alpha value is -4.62. The molecule has 56 heavy (non-hydrogen) atoms. The number of esters is 2. The second kappa shape index (κ2) is 20.5. The second-order valence-corrected chi connectivity index (χ2v) is 16.6. The van der Waals surface area contributed by atoms with E-state index in [2.05, 4.69) is 71.0 Å². The van der Waals surface area contributed by atoms with Gasteiger partial charge in [0.15, 0.2) is 6.29 Å². The molecule has 0 bridgehead atoms. The lowest BCUT2D eigenvalue weighted by molar-refractivity contribution is -0.147. The lowest BCUT2D eigenvalue weighted by Gasteiger charge is -2.27. The van der Waals surface area contributed by atoms with E-state index < -0.39 is 6.29 Å². The smallest absolute Gasteiger partial charge is 0.314 e. The van der Waals surface area contributed by atoms with Gasteiger partial charge in [-0.25, -0.2) is 0 Å². The number of benzene rings is 4. The topological polar surface area (TPSA) is 91.3 Å². The molecule has 0 amide bonds. The molecule has 1 fully saturated rings. The zero-order valence-electron chi connectivity index (χ0n) is 34.3. The number of aromatic hydroxyl groups is 1. The van der Waals surface area contributed by atoms with Gasteiger partial charge in [-0.2, -0.15) is 0 Å². The fourth-order valence-corrected chi connectivity index (χ4v) is 7.72. The molecule has 0 aromatic heterocycles. The third-order valence-electron chi connectivity index (χ3n) is 11.2. The molecule has 4 atom stereocenters. The molecule has 7 nitrogen and oxygen atoms in total. The fourth-order valence-electron chi connectivity index (χ4n) is 7.72. The van der Waals surface area contributed by atoms with Crippen LogP contribution in [0.5, 0.6) is 17.2 Å². The predicted octanol–water partition coefficient (Wildman–Crippen LogP) is 11.6. The molecule has 7 heteroatoms. The summed E-state index contributed by atoms with van der Waals surface area (Å²) in [6.45, 7) is 13.2. The average molecular weight is 763 g/mol. The van der Waals surface area contributed by atoms with Gasteiger partial charge < -0.3 is 24.1 Å². The van der Waals surface area contributed by atoms with Crippen molar-refractivity contribution in [3.63, 3.8) is 0 Å². The molecule has 0 spiro atoms. The van der Waals surface area contributed by atoms with Crippen LogP contribution in [0.4, 0.5) is 0 Å². The van der Waals surface area contributed by atoms with E-state index in [0.29, 0.717) is 17.4 Å². The van der Waals surface area contributed by atoms with Crippen molar-refractivity contribution in [2.75, 3.05) is 13.2 Å². The molecule has 0 radical (unpaired) electrons. The minimum atomic E-state index is -0.509. The van der Waals surface area contributed by atoms with Gasteiger partial charge in [0.25, 0.3) is 0 Å². The van der Waals surface area contributed by atoms with Crippen molar-refractivity contribution < 1.29 is 33.6 Å². The van der Waals surface area contributed by atoms with E-state index >= 15 is 0 Å². The van der Waals surface area contributed by atoms with Crippen molar-refractivity contribution in [3.05, 3.63) is 125 Å². The highest BCUT2D eigenvalue weighted by Gasteiger charge is 2.25. The Morgan fingerprint density at radius 1 is 0.714 bits per heavy atom. The SMILES string of the molecule is CCC(CC(CC(C)c1ccc(OC(=O)C2CCCCC2)cc1)c1ccc(O)cc1)c1ccc(OC(C)OCCOC(=O)Cc2ccc(C(C)(C)C)cc2)cc1. The molecule has 0 heterocycles. The third kappa shape index (κ3) is 13.0. The molecule has 4 aromatic carbocycles. The van der Waals surface area contributed by atoms with Crippen LogP contribution >= 0.6 is 0 Å². The second-order valence-electron chi connectivity index (χ2n) is 16.6. The number of rotatable bonds is 18. The fraction of sp³-hybridized carbons (Fsp3) is 0.469. The van der Waals surface area contributed by atoms with Gasteiger partial charge in [-0.3, -0.25) is 9.59 Å². The number of hydrogen-bond donors (Lipinski definition) is 1. The minimum Gasteiger partial charge on any atom is -0.508 e.